The Kier molecular flexibility index (Phi) is 10.1. The van der Waals surface area contributed by atoms with E-state index in [1.165, 1.54) is 0 Å². The Labute approximate surface area is 236 Å². The normalized spacial score (nSPS) is 28.4. The number of carbonyl (C=O) groups is 2. The van der Waals surface area contributed by atoms with Crippen LogP contribution in [0.2, 0.25) is 0 Å². The van der Waals surface area contributed by atoms with E-state index in [2.05, 4.69) is 5.32 Å². The largest absolute Gasteiger partial charge is 0.457 e. The number of esters is 1. The van der Waals surface area contributed by atoms with Crippen LogP contribution in [0.25, 0.3) is 0 Å². The van der Waals surface area contributed by atoms with Crippen molar-refractivity contribution >= 4 is 87.6 Å². The minimum atomic E-state index is -2.25. The Morgan fingerprint density at radius 1 is 1.08 bits per heavy atom. The number of fused-ring (bicyclic) bond motifs is 1. The van der Waals surface area contributed by atoms with Crippen molar-refractivity contribution in [2.24, 2.45) is 0 Å². The van der Waals surface area contributed by atoms with Gasteiger partial charge in [0.2, 0.25) is 16.0 Å². The van der Waals surface area contributed by atoms with E-state index < -0.39 is 69.1 Å². The molecule has 6 atom stereocenters. The quantitative estimate of drug-likeness (QED) is 0.210. The minimum Gasteiger partial charge on any atom is -0.457 e. The van der Waals surface area contributed by atoms with Gasteiger partial charge in [0.15, 0.2) is 12.4 Å². The van der Waals surface area contributed by atoms with Gasteiger partial charge in [-0.3, -0.25) is 10.2 Å². The van der Waals surface area contributed by atoms with Gasteiger partial charge in [-0.15, -0.1) is 0 Å². The molecule has 0 aromatic heterocycles. The first-order chi connectivity index (χ1) is 16.7. The number of nitrogens with one attached hydrogen (secondary N) is 2. The molecule has 2 aliphatic heterocycles. The molecule has 16 heteroatoms. The molecule has 1 amide bonds. The number of alkyl carbamates (subject to hydrolysis) is 1. The highest BCUT2D eigenvalue weighted by Crippen LogP contribution is 2.37. The molecule has 2 N–H and O–H groups in total. The number of rotatable bonds is 5. The number of benzene rings is 1. The monoisotopic (exact) mass is 626 g/mol. The van der Waals surface area contributed by atoms with E-state index >= 15 is 0 Å². The third-order valence-corrected chi connectivity index (χ3v) is 5.70. The summed E-state index contributed by atoms with van der Waals surface area (Å²) in [6, 6.07) is 7.67. The van der Waals surface area contributed by atoms with Crippen LogP contribution in [0, 0.1) is 5.41 Å². The lowest BCUT2D eigenvalue weighted by Crippen LogP contribution is -2.68. The molecule has 2 heterocycles. The second kappa shape index (κ2) is 12.3. The Bertz CT molecular complexity index is 944. The molecule has 0 saturated carbocycles. The Morgan fingerprint density at radius 3 is 2.33 bits per heavy atom. The van der Waals surface area contributed by atoms with Crippen LogP contribution < -0.4 is 5.32 Å². The number of hydrogen-bond acceptors (Lipinski definition) is 9. The first-order valence-corrected chi connectivity index (χ1v) is 12.5. The molecule has 0 bridgehead atoms. The second-order valence-corrected chi connectivity index (χ2v) is 12.4. The van der Waals surface area contributed by atoms with E-state index in [0.717, 1.165) is 6.92 Å². The maximum atomic E-state index is 12.5. The molecule has 2 fully saturated rings. The molecule has 0 spiro atoms. The van der Waals surface area contributed by atoms with Gasteiger partial charge in [0, 0.05) is 12.5 Å². The highest BCUT2D eigenvalue weighted by atomic mass is 35.6. The zero-order valence-corrected chi connectivity index (χ0v) is 22.8. The maximum Gasteiger partial charge on any atom is 0.407 e. The van der Waals surface area contributed by atoms with Crippen LogP contribution in [0.15, 0.2) is 30.3 Å². The maximum absolute atomic E-state index is 12.5. The Hall–Kier alpha value is -0.950. The van der Waals surface area contributed by atoms with Crippen LogP contribution >= 0.6 is 69.6 Å². The van der Waals surface area contributed by atoms with Crippen molar-refractivity contribution in [3.8, 4) is 0 Å². The number of amides is 1. The second-order valence-electron chi connectivity index (χ2n) is 7.60. The molecule has 1 unspecified atom stereocenters. The fourth-order valence-corrected chi connectivity index (χ4v) is 3.74. The SMILES string of the molecule is CC(=O)O[C@@H]1[C@@H](NC(=O)OCC(Cl)(Cl)Cl)[C@@H](OC(=N)C(Cl)(Cl)Cl)O[C@@H]2COC(c3ccccc3)O[C@@H]12. The van der Waals surface area contributed by atoms with Crippen molar-refractivity contribution in [2.45, 2.75) is 51.4 Å². The summed E-state index contributed by atoms with van der Waals surface area (Å²) in [4.78, 5) is 24.5. The highest BCUT2D eigenvalue weighted by molar-refractivity contribution is 6.76. The third-order valence-electron chi connectivity index (χ3n) is 4.86. The number of alkyl halides is 6. The van der Waals surface area contributed by atoms with Crippen molar-refractivity contribution < 1.29 is 38.0 Å². The average molecular weight is 629 g/mol. The van der Waals surface area contributed by atoms with E-state index in [9.17, 15) is 9.59 Å². The van der Waals surface area contributed by atoms with Crippen molar-refractivity contribution in [1.82, 2.24) is 5.32 Å². The lowest BCUT2D eigenvalue weighted by molar-refractivity contribution is -0.336. The van der Waals surface area contributed by atoms with Crippen molar-refractivity contribution in [3.05, 3.63) is 35.9 Å². The summed E-state index contributed by atoms with van der Waals surface area (Å²) in [6.07, 6.45) is -6.44. The Balaban J connectivity index is 1.89. The lowest BCUT2D eigenvalue weighted by Gasteiger charge is -2.48. The third kappa shape index (κ3) is 8.28. The topological polar surface area (TPSA) is 125 Å². The van der Waals surface area contributed by atoms with E-state index in [1.807, 2.05) is 6.07 Å². The smallest absolute Gasteiger partial charge is 0.407 e. The van der Waals surface area contributed by atoms with Gasteiger partial charge < -0.3 is 33.7 Å². The van der Waals surface area contributed by atoms with Crippen molar-refractivity contribution in [3.63, 3.8) is 0 Å². The van der Waals surface area contributed by atoms with Crippen molar-refractivity contribution in [1.29, 1.82) is 5.41 Å². The van der Waals surface area contributed by atoms with Gasteiger partial charge in [-0.2, -0.15) is 0 Å². The average Bonchev–Trinajstić information content (AvgIpc) is 2.78. The van der Waals surface area contributed by atoms with Crippen LogP contribution in [0.5, 0.6) is 0 Å². The molecule has 1 aromatic carbocycles. The molecule has 0 radical (unpaired) electrons. The molecule has 2 aliphatic rings. The number of hydrogen-bond donors (Lipinski definition) is 2. The summed E-state index contributed by atoms with van der Waals surface area (Å²) in [5.41, 5.74) is 0.695. The zero-order chi connectivity index (χ0) is 26.7. The van der Waals surface area contributed by atoms with Crippen LogP contribution in [0.3, 0.4) is 0 Å². The standard InChI is InChI=1S/C20H20Cl6N2O8/c1-9(29)33-14-12(28-18(30)32-8-19(21,22)23)16(36-17(27)20(24,25)26)34-11-7-31-15(35-13(11)14)10-5-3-2-4-6-10/h2-6,11-16,27H,7-8H2,1H3,(H,28,30)/t11-,12-,13-,14-,15?,16-/m1/s1. The summed E-state index contributed by atoms with van der Waals surface area (Å²) in [5, 5.41) is 10.4. The number of halogens is 6. The molecule has 0 aliphatic carbocycles. The minimum absolute atomic E-state index is 0.0205. The van der Waals surface area contributed by atoms with Gasteiger partial charge in [0.05, 0.1) is 6.61 Å². The van der Waals surface area contributed by atoms with E-state index in [-0.39, 0.29) is 6.61 Å². The van der Waals surface area contributed by atoms with Crippen molar-refractivity contribution in [2.75, 3.05) is 13.2 Å². The summed E-state index contributed by atoms with van der Waals surface area (Å²) < 4.78 is 29.4. The molecule has 1 aromatic rings. The first-order valence-electron chi connectivity index (χ1n) is 10.2. The molecular formula is C20H20Cl6N2O8. The fourth-order valence-electron chi connectivity index (χ4n) is 3.44. The molecule has 200 valence electrons. The summed E-state index contributed by atoms with van der Waals surface area (Å²) >= 11 is 34.1. The molecule has 10 nitrogen and oxygen atoms in total. The molecule has 36 heavy (non-hydrogen) atoms. The van der Waals surface area contributed by atoms with Gasteiger partial charge >= 0.3 is 12.1 Å². The van der Waals surface area contributed by atoms with Gasteiger partial charge in [-0.1, -0.05) is 99.9 Å². The van der Waals surface area contributed by atoms with Gasteiger partial charge in [0.25, 0.3) is 3.79 Å². The zero-order valence-electron chi connectivity index (χ0n) is 18.3. The predicted octanol–water partition coefficient (Wildman–Crippen LogP) is 4.59. The predicted molar refractivity (Wildman–Crippen MR) is 132 cm³/mol. The number of carbonyl (C=O) groups excluding carboxylic acids is 2. The van der Waals surface area contributed by atoms with E-state index in [1.54, 1.807) is 24.3 Å². The van der Waals surface area contributed by atoms with Gasteiger partial charge in [0.1, 0.15) is 24.9 Å². The van der Waals surface area contributed by atoms with Gasteiger partial charge in [-0.25, -0.2) is 4.79 Å². The van der Waals surface area contributed by atoms with E-state index in [4.69, 9.17) is 103 Å². The van der Waals surface area contributed by atoms with Crippen LogP contribution in [0.4, 0.5) is 4.79 Å². The molecule has 3 rings (SSSR count). The molecule has 2 saturated heterocycles. The summed E-state index contributed by atoms with van der Waals surface area (Å²) in [7, 11) is 0. The first kappa shape index (κ1) is 29.6. The summed E-state index contributed by atoms with van der Waals surface area (Å²) in [6.45, 7) is 0.542. The van der Waals surface area contributed by atoms with Crippen LogP contribution in [-0.4, -0.2) is 69.4 Å². The highest BCUT2D eigenvalue weighted by Gasteiger charge is 2.54. The van der Waals surface area contributed by atoms with Crippen LogP contribution in [-0.2, 0) is 33.2 Å². The van der Waals surface area contributed by atoms with Crippen LogP contribution in [0.1, 0.15) is 18.8 Å². The number of ether oxygens (including phenoxy) is 6. The fraction of sp³-hybridized carbons (Fsp3) is 0.550. The lowest BCUT2D eigenvalue weighted by atomic mass is 9.95. The Morgan fingerprint density at radius 2 is 1.75 bits per heavy atom. The van der Waals surface area contributed by atoms with Gasteiger partial charge in [-0.05, 0) is 0 Å². The molecular weight excluding hydrogens is 609 g/mol. The summed E-state index contributed by atoms with van der Waals surface area (Å²) in [5.74, 6) is -1.53. The van der Waals surface area contributed by atoms with E-state index in [0.29, 0.717) is 5.56 Å².